The summed E-state index contributed by atoms with van der Waals surface area (Å²) in [5.41, 5.74) is 0.846. The third-order valence-corrected chi connectivity index (χ3v) is 7.83. The number of ether oxygens (including phenoxy) is 1. The molecule has 4 bridgehead atoms. The van der Waals surface area contributed by atoms with E-state index in [2.05, 4.69) is 0 Å². The summed E-state index contributed by atoms with van der Waals surface area (Å²) in [4.78, 5) is 29.7. The van der Waals surface area contributed by atoms with Crippen LogP contribution in [0.3, 0.4) is 0 Å². The van der Waals surface area contributed by atoms with Crippen LogP contribution < -0.4 is 9.64 Å². The maximum atomic E-state index is 13.3. The molecular weight excluding hydrogens is 352 g/mol. The Balaban J connectivity index is 1.28. The number of rotatable bonds is 4. The summed E-state index contributed by atoms with van der Waals surface area (Å²) in [6.45, 7) is 0.488. The van der Waals surface area contributed by atoms with Gasteiger partial charge in [0, 0.05) is 31.7 Å². The zero-order valence-electron chi connectivity index (χ0n) is 16.8. The van der Waals surface area contributed by atoms with Gasteiger partial charge in [-0.15, -0.1) is 0 Å². The molecule has 5 aliphatic rings. The number of carbonyl (C=O) groups excluding carboxylic acids is 2. The fourth-order valence-corrected chi connectivity index (χ4v) is 6.85. The van der Waals surface area contributed by atoms with Crippen LogP contribution in [0.2, 0.25) is 0 Å². The molecule has 1 saturated heterocycles. The number of nitrogens with zero attached hydrogens (tertiary/aromatic N) is 2. The molecule has 4 saturated carbocycles. The minimum Gasteiger partial charge on any atom is -0.497 e. The lowest BCUT2D eigenvalue weighted by Gasteiger charge is -2.56. The van der Waals surface area contributed by atoms with Gasteiger partial charge in [-0.25, -0.2) is 0 Å². The minimum atomic E-state index is -0.225. The molecule has 5 heteroatoms. The summed E-state index contributed by atoms with van der Waals surface area (Å²) in [5.74, 6) is 3.92. The molecule has 5 fully saturated rings. The van der Waals surface area contributed by atoms with E-state index in [4.69, 9.17) is 4.74 Å². The van der Waals surface area contributed by atoms with E-state index in [0.717, 1.165) is 23.3 Å². The van der Waals surface area contributed by atoms with Gasteiger partial charge in [-0.3, -0.25) is 9.59 Å². The summed E-state index contributed by atoms with van der Waals surface area (Å²) in [5, 5.41) is 0. The topological polar surface area (TPSA) is 49.9 Å². The highest BCUT2D eigenvalue weighted by atomic mass is 16.5. The van der Waals surface area contributed by atoms with Gasteiger partial charge >= 0.3 is 0 Å². The number of benzene rings is 1. The summed E-state index contributed by atoms with van der Waals surface area (Å²) < 4.78 is 5.20. The standard InChI is InChI=1S/C23H30N2O3/c1-24(22-16-8-14-7-15(10-16)11-17(22)9-14)23(27)18-12-21(26)25(13-18)19-3-5-20(28-2)6-4-19/h3-6,14-18,22H,7-13H2,1-2H3/t14?,15?,16?,17?,18-,22?/m0/s1. The van der Waals surface area contributed by atoms with Gasteiger partial charge in [0.05, 0.1) is 13.0 Å². The van der Waals surface area contributed by atoms with Crippen LogP contribution in [0, 0.1) is 29.6 Å². The molecule has 1 aliphatic heterocycles. The number of amides is 2. The van der Waals surface area contributed by atoms with Crippen molar-refractivity contribution in [1.29, 1.82) is 0 Å². The van der Waals surface area contributed by atoms with Gasteiger partial charge in [0.15, 0.2) is 0 Å². The van der Waals surface area contributed by atoms with Crippen molar-refractivity contribution >= 4 is 17.5 Å². The smallest absolute Gasteiger partial charge is 0.228 e. The molecule has 2 amide bonds. The van der Waals surface area contributed by atoms with E-state index in [1.165, 1.54) is 32.1 Å². The molecule has 0 radical (unpaired) electrons. The molecule has 4 aliphatic carbocycles. The Hall–Kier alpha value is -2.04. The van der Waals surface area contributed by atoms with E-state index in [-0.39, 0.29) is 17.7 Å². The second-order valence-corrected chi connectivity index (χ2v) is 9.47. The molecule has 5 nitrogen and oxygen atoms in total. The second kappa shape index (κ2) is 6.78. The SMILES string of the molecule is COc1ccc(N2C[C@@H](C(=O)N(C)C3C4CC5CC(C4)CC3C5)CC2=O)cc1. The van der Waals surface area contributed by atoms with Gasteiger partial charge in [-0.2, -0.15) is 0 Å². The third-order valence-electron chi connectivity index (χ3n) is 7.83. The largest absolute Gasteiger partial charge is 0.497 e. The first-order chi connectivity index (χ1) is 13.5. The van der Waals surface area contributed by atoms with Crippen molar-refractivity contribution in [3.05, 3.63) is 24.3 Å². The van der Waals surface area contributed by atoms with E-state index in [1.54, 1.807) is 12.0 Å². The third kappa shape index (κ3) is 2.90. The van der Waals surface area contributed by atoms with Crippen molar-refractivity contribution in [3.63, 3.8) is 0 Å². The van der Waals surface area contributed by atoms with Gasteiger partial charge in [-0.1, -0.05) is 0 Å². The molecule has 6 rings (SSSR count). The van der Waals surface area contributed by atoms with E-state index in [9.17, 15) is 9.59 Å². The van der Waals surface area contributed by atoms with Crippen LogP contribution in [0.5, 0.6) is 5.75 Å². The average Bonchev–Trinajstić information content (AvgIpc) is 3.08. The predicted molar refractivity (Wildman–Crippen MR) is 107 cm³/mol. The van der Waals surface area contributed by atoms with Crippen LogP contribution in [0.25, 0.3) is 0 Å². The molecule has 0 aromatic heterocycles. The lowest BCUT2D eigenvalue weighted by atomic mass is 9.54. The van der Waals surface area contributed by atoms with Crippen molar-refractivity contribution in [2.24, 2.45) is 29.6 Å². The molecule has 150 valence electrons. The summed E-state index contributed by atoms with van der Waals surface area (Å²) in [6, 6.07) is 7.90. The molecular formula is C23H30N2O3. The molecule has 0 spiro atoms. The Kier molecular flexibility index (Phi) is 4.37. The first kappa shape index (κ1) is 18.0. The molecule has 1 aromatic rings. The van der Waals surface area contributed by atoms with Gasteiger partial charge in [-0.05, 0) is 80.0 Å². The second-order valence-electron chi connectivity index (χ2n) is 9.47. The first-order valence-corrected chi connectivity index (χ1v) is 10.7. The predicted octanol–water partition coefficient (Wildman–Crippen LogP) is 3.33. The van der Waals surface area contributed by atoms with Crippen molar-refractivity contribution in [1.82, 2.24) is 4.90 Å². The maximum Gasteiger partial charge on any atom is 0.228 e. The van der Waals surface area contributed by atoms with Gasteiger partial charge in [0.25, 0.3) is 0 Å². The monoisotopic (exact) mass is 382 g/mol. The first-order valence-electron chi connectivity index (χ1n) is 10.7. The number of anilines is 1. The van der Waals surface area contributed by atoms with E-state index in [1.807, 2.05) is 36.2 Å². The summed E-state index contributed by atoms with van der Waals surface area (Å²) in [6.07, 6.45) is 6.95. The van der Waals surface area contributed by atoms with Crippen molar-refractivity contribution in [2.45, 2.75) is 44.6 Å². The Morgan fingerprint density at radius 3 is 2.21 bits per heavy atom. The van der Waals surface area contributed by atoms with E-state index >= 15 is 0 Å². The van der Waals surface area contributed by atoms with Gasteiger partial charge < -0.3 is 14.5 Å². The summed E-state index contributed by atoms with van der Waals surface area (Å²) >= 11 is 0. The van der Waals surface area contributed by atoms with E-state index < -0.39 is 0 Å². The van der Waals surface area contributed by atoms with Crippen LogP contribution in [0.4, 0.5) is 5.69 Å². The molecule has 1 heterocycles. The van der Waals surface area contributed by atoms with Gasteiger partial charge in [0.1, 0.15) is 5.75 Å². The highest BCUT2D eigenvalue weighted by Crippen LogP contribution is 2.55. The molecule has 1 atom stereocenters. The number of carbonyl (C=O) groups is 2. The molecule has 28 heavy (non-hydrogen) atoms. The van der Waals surface area contributed by atoms with Crippen LogP contribution >= 0.6 is 0 Å². The Bertz CT molecular complexity index is 747. The molecule has 1 aromatic carbocycles. The normalized spacial score (nSPS) is 36.1. The zero-order chi connectivity index (χ0) is 19.4. The average molecular weight is 383 g/mol. The van der Waals surface area contributed by atoms with Crippen molar-refractivity contribution in [3.8, 4) is 5.75 Å². The highest BCUT2D eigenvalue weighted by Gasteiger charge is 2.51. The van der Waals surface area contributed by atoms with Crippen LogP contribution in [0.1, 0.15) is 38.5 Å². The zero-order valence-corrected chi connectivity index (χ0v) is 16.8. The highest BCUT2D eigenvalue weighted by molar-refractivity contribution is 6.00. The Morgan fingerprint density at radius 1 is 1.04 bits per heavy atom. The molecule has 0 N–H and O–H groups in total. The minimum absolute atomic E-state index is 0.0435. The van der Waals surface area contributed by atoms with Gasteiger partial charge in [0.2, 0.25) is 11.8 Å². The number of hydrogen-bond donors (Lipinski definition) is 0. The maximum absolute atomic E-state index is 13.3. The fraction of sp³-hybridized carbons (Fsp3) is 0.652. The van der Waals surface area contributed by atoms with Crippen LogP contribution in [-0.4, -0.2) is 43.5 Å². The van der Waals surface area contributed by atoms with Crippen molar-refractivity contribution in [2.75, 3.05) is 25.6 Å². The lowest BCUT2D eigenvalue weighted by Crippen LogP contribution is -2.57. The summed E-state index contributed by atoms with van der Waals surface area (Å²) in [7, 11) is 3.63. The number of methoxy groups -OCH3 is 1. The van der Waals surface area contributed by atoms with Crippen LogP contribution in [-0.2, 0) is 9.59 Å². The quantitative estimate of drug-likeness (QED) is 0.803. The lowest BCUT2D eigenvalue weighted by molar-refractivity contribution is -0.145. The Labute approximate surface area is 167 Å². The Morgan fingerprint density at radius 2 is 1.64 bits per heavy atom. The van der Waals surface area contributed by atoms with E-state index in [0.29, 0.717) is 30.8 Å². The fourth-order valence-electron chi connectivity index (χ4n) is 6.85. The number of hydrogen-bond acceptors (Lipinski definition) is 3. The van der Waals surface area contributed by atoms with Crippen LogP contribution in [0.15, 0.2) is 24.3 Å². The van der Waals surface area contributed by atoms with Crippen molar-refractivity contribution < 1.29 is 14.3 Å². The molecule has 0 unspecified atom stereocenters.